The minimum Gasteiger partial charge on any atom is -0.369 e. The number of nitrogens with zero attached hydrogens (tertiary/aromatic N) is 6. The van der Waals surface area contributed by atoms with Crippen LogP contribution in [0.2, 0.25) is 0 Å². The summed E-state index contributed by atoms with van der Waals surface area (Å²) < 4.78 is 1.78. The minimum atomic E-state index is 0.0312. The van der Waals surface area contributed by atoms with Gasteiger partial charge in [0.25, 0.3) is 0 Å². The number of aryl methyl sites for hydroxylation is 1. The number of Topliss-reactive ketones (excluding diaryl/α,β-unsaturated/α-hetero) is 1. The maximum absolute atomic E-state index is 13.0. The smallest absolute Gasteiger partial charge is 0.170 e. The van der Waals surface area contributed by atoms with Crippen LogP contribution < -0.4 is 4.90 Å². The van der Waals surface area contributed by atoms with Crippen molar-refractivity contribution in [3.05, 3.63) is 72.4 Å². The van der Waals surface area contributed by atoms with E-state index in [1.165, 1.54) is 0 Å². The van der Waals surface area contributed by atoms with Gasteiger partial charge in [-0.25, -0.2) is 9.97 Å². The number of aromatic nitrogens is 4. The van der Waals surface area contributed by atoms with E-state index in [0.717, 1.165) is 53.9 Å². The Kier molecular flexibility index (Phi) is 5.41. The first-order valence-electron chi connectivity index (χ1n) is 10.9. The molecule has 3 heterocycles. The molecule has 0 unspecified atom stereocenters. The first-order valence-corrected chi connectivity index (χ1v) is 10.9. The number of carbonyl (C=O) groups excluding carboxylic acids is 1. The van der Waals surface area contributed by atoms with E-state index in [-0.39, 0.29) is 12.2 Å². The molecule has 0 bridgehead atoms. The number of ketones is 1. The first kappa shape index (κ1) is 20.3. The molecule has 2 aromatic heterocycles. The lowest BCUT2D eigenvalue weighted by Gasteiger charge is -2.34. The largest absolute Gasteiger partial charge is 0.369 e. The number of likely N-dealkylation sites (N-methyl/N-ethyl adjacent to an activating group) is 1. The summed E-state index contributed by atoms with van der Waals surface area (Å²) in [6.45, 7) is 4.01. The highest BCUT2D eigenvalue weighted by molar-refractivity contribution is 5.98. The van der Waals surface area contributed by atoms with Crippen LogP contribution in [0.1, 0.15) is 16.2 Å². The quantitative estimate of drug-likeness (QED) is 0.457. The average molecular weight is 427 g/mol. The van der Waals surface area contributed by atoms with Gasteiger partial charge in [0, 0.05) is 67.8 Å². The van der Waals surface area contributed by atoms with Gasteiger partial charge in [-0.2, -0.15) is 5.10 Å². The van der Waals surface area contributed by atoms with Gasteiger partial charge in [-0.15, -0.1) is 0 Å². The summed E-state index contributed by atoms with van der Waals surface area (Å²) in [5.74, 6) is 0.569. The Balaban J connectivity index is 1.36. The fraction of sp³-hybridized carbons (Fsp3) is 0.280. The van der Waals surface area contributed by atoms with E-state index < -0.39 is 0 Å². The molecule has 0 radical (unpaired) electrons. The van der Waals surface area contributed by atoms with Crippen molar-refractivity contribution < 1.29 is 4.79 Å². The van der Waals surface area contributed by atoms with E-state index in [0.29, 0.717) is 11.4 Å². The molecule has 7 heteroatoms. The van der Waals surface area contributed by atoms with E-state index in [2.05, 4.69) is 38.0 Å². The Morgan fingerprint density at radius 3 is 2.59 bits per heavy atom. The number of anilines is 1. The van der Waals surface area contributed by atoms with Crippen LogP contribution in [0.25, 0.3) is 22.0 Å². The molecule has 0 spiro atoms. The summed E-state index contributed by atoms with van der Waals surface area (Å²) in [4.78, 5) is 26.8. The number of hydrogen-bond donors (Lipinski definition) is 0. The number of benzene rings is 2. The normalized spacial score (nSPS) is 14.8. The molecule has 32 heavy (non-hydrogen) atoms. The number of hydrogen-bond acceptors (Lipinski definition) is 6. The van der Waals surface area contributed by atoms with Crippen LogP contribution >= 0.6 is 0 Å². The second-order valence-corrected chi connectivity index (χ2v) is 8.40. The predicted molar refractivity (Wildman–Crippen MR) is 126 cm³/mol. The second-order valence-electron chi connectivity index (χ2n) is 8.40. The lowest BCUT2D eigenvalue weighted by molar-refractivity contribution is 0.0991. The van der Waals surface area contributed by atoms with Crippen LogP contribution in [-0.2, 0) is 13.5 Å². The van der Waals surface area contributed by atoms with Crippen molar-refractivity contribution >= 4 is 22.4 Å². The third-order valence-corrected chi connectivity index (χ3v) is 6.03. The highest BCUT2D eigenvalue weighted by atomic mass is 16.1. The van der Waals surface area contributed by atoms with Crippen LogP contribution in [0.4, 0.5) is 5.69 Å². The van der Waals surface area contributed by atoms with Gasteiger partial charge in [-0.05, 0) is 30.8 Å². The van der Waals surface area contributed by atoms with Gasteiger partial charge in [0.2, 0.25) is 0 Å². The van der Waals surface area contributed by atoms with E-state index in [9.17, 15) is 4.79 Å². The summed E-state index contributed by atoms with van der Waals surface area (Å²) >= 11 is 0. The molecule has 2 aromatic carbocycles. The molecule has 5 rings (SSSR count). The molecule has 0 aliphatic carbocycles. The Bertz CT molecular complexity index is 1270. The maximum atomic E-state index is 13.0. The van der Waals surface area contributed by atoms with Crippen molar-refractivity contribution in [3.63, 3.8) is 0 Å². The van der Waals surface area contributed by atoms with Crippen molar-refractivity contribution in [2.24, 2.45) is 7.05 Å². The monoisotopic (exact) mass is 426 g/mol. The Hall–Kier alpha value is -3.58. The van der Waals surface area contributed by atoms with Crippen molar-refractivity contribution in [2.45, 2.75) is 6.42 Å². The zero-order valence-corrected chi connectivity index (χ0v) is 18.4. The SMILES string of the molecule is CN1CCN(c2cccc(C(=O)Cc3ncc4ccc(-c5cnn(C)c5)cc4n3)c2)CC1. The summed E-state index contributed by atoms with van der Waals surface area (Å²) in [6, 6.07) is 14.0. The lowest BCUT2D eigenvalue weighted by Crippen LogP contribution is -2.44. The third kappa shape index (κ3) is 4.24. The summed E-state index contributed by atoms with van der Waals surface area (Å²) in [5.41, 5.74) is 4.71. The van der Waals surface area contributed by atoms with Crippen LogP contribution in [0.15, 0.2) is 61.1 Å². The second kappa shape index (κ2) is 8.51. The lowest BCUT2D eigenvalue weighted by atomic mass is 10.1. The molecule has 1 saturated heterocycles. The predicted octanol–water partition coefficient (Wildman–Crippen LogP) is 3.21. The molecule has 0 saturated carbocycles. The fourth-order valence-corrected chi connectivity index (χ4v) is 4.08. The van der Waals surface area contributed by atoms with Gasteiger partial charge in [0.1, 0.15) is 5.82 Å². The van der Waals surface area contributed by atoms with Gasteiger partial charge < -0.3 is 9.80 Å². The molecule has 1 fully saturated rings. The Morgan fingerprint density at radius 1 is 0.969 bits per heavy atom. The van der Waals surface area contributed by atoms with Crippen molar-refractivity contribution in [3.8, 4) is 11.1 Å². The molecule has 4 aromatic rings. The standard InChI is InChI=1S/C25H26N6O/c1-29-8-10-31(11-9-29)22-5-3-4-19(12-22)24(32)14-25-26-15-20-7-6-18(13-23(20)28-25)21-16-27-30(2)17-21/h3-7,12-13,15-17H,8-11,14H2,1-2H3. The number of fused-ring (bicyclic) bond motifs is 1. The average Bonchev–Trinajstić information content (AvgIpc) is 3.25. The van der Waals surface area contributed by atoms with E-state index in [4.69, 9.17) is 0 Å². The number of rotatable bonds is 5. The summed E-state index contributed by atoms with van der Waals surface area (Å²) in [7, 11) is 4.04. The number of piperazine rings is 1. The van der Waals surface area contributed by atoms with Crippen LogP contribution in [-0.4, -0.2) is 63.7 Å². The topological polar surface area (TPSA) is 67.2 Å². The summed E-state index contributed by atoms with van der Waals surface area (Å²) in [6.07, 6.45) is 5.78. The molecule has 0 atom stereocenters. The van der Waals surface area contributed by atoms with Crippen LogP contribution in [0.5, 0.6) is 0 Å². The molecule has 7 nitrogen and oxygen atoms in total. The molecule has 1 aliphatic rings. The molecular formula is C25H26N6O. The first-order chi connectivity index (χ1) is 15.5. The molecule has 162 valence electrons. The van der Waals surface area contributed by atoms with Crippen LogP contribution in [0.3, 0.4) is 0 Å². The van der Waals surface area contributed by atoms with Gasteiger partial charge >= 0.3 is 0 Å². The van der Waals surface area contributed by atoms with E-state index in [1.807, 2.05) is 55.8 Å². The number of carbonyl (C=O) groups is 1. The van der Waals surface area contributed by atoms with Crippen LogP contribution in [0, 0.1) is 0 Å². The van der Waals surface area contributed by atoms with Crippen molar-refractivity contribution in [1.29, 1.82) is 0 Å². The third-order valence-electron chi connectivity index (χ3n) is 6.03. The molecule has 0 N–H and O–H groups in total. The Labute approximate surface area is 187 Å². The molecule has 1 aliphatic heterocycles. The fourth-order valence-electron chi connectivity index (χ4n) is 4.08. The zero-order valence-electron chi connectivity index (χ0n) is 18.4. The Morgan fingerprint density at radius 2 is 1.81 bits per heavy atom. The van der Waals surface area contributed by atoms with E-state index in [1.54, 1.807) is 10.9 Å². The zero-order chi connectivity index (χ0) is 22.1. The highest BCUT2D eigenvalue weighted by Gasteiger charge is 2.16. The van der Waals surface area contributed by atoms with Gasteiger partial charge in [-0.3, -0.25) is 9.48 Å². The highest BCUT2D eigenvalue weighted by Crippen LogP contribution is 2.23. The van der Waals surface area contributed by atoms with Crippen molar-refractivity contribution in [1.82, 2.24) is 24.6 Å². The van der Waals surface area contributed by atoms with Crippen molar-refractivity contribution in [2.75, 3.05) is 38.1 Å². The van der Waals surface area contributed by atoms with Gasteiger partial charge in [-0.1, -0.05) is 24.3 Å². The molecule has 0 amide bonds. The minimum absolute atomic E-state index is 0.0312. The molecular weight excluding hydrogens is 400 g/mol. The van der Waals surface area contributed by atoms with Gasteiger partial charge in [0.05, 0.1) is 18.1 Å². The summed E-state index contributed by atoms with van der Waals surface area (Å²) in [5, 5.41) is 5.19. The van der Waals surface area contributed by atoms with E-state index >= 15 is 0 Å². The maximum Gasteiger partial charge on any atom is 0.170 e. The van der Waals surface area contributed by atoms with Gasteiger partial charge in [0.15, 0.2) is 5.78 Å².